The number of rotatable bonds is 3. The van der Waals surface area contributed by atoms with Gasteiger partial charge in [0, 0.05) is 0 Å². The van der Waals surface area contributed by atoms with E-state index in [4.69, 9.17) is 14.8 Å². The van der Waals surface area contributed by atoms with E-state index in [2.05, 4.69) is 15.3 Å². The second kappa shape index (κ2) is 4.08. The van der Waals surface area contributed by atoms with E-state index >= 15 is 0 Å². The highest BCUT2D eigenvalue weighted by Gasteiger charge is 2.20. The van der Waals surface area contributed by atoms with Crippen molar-refractivity contribution in [2.24, 2.45) is 5.73 Å². The lowest BCUT2D eigenvalue weighted by atomic mass is 10.2. The van der Waals surface area contributed by atoms with Crippen LogP contribution < -0.4 is 5.73 Å². The fourth-order valence-electron chi connectivity index (χ4n) is 1.41. The molecule has 90 valence electrons. The van der Waals surface area contributed by atoms with Gasteiger partial charge in [0.25, 0.3) is 11.8 Å². The summed E-state index contributed by atoms with van der Waals surface area (Å²) in [6.07, 6.45) is 1.25. The normalized spacial score (nSPS) is 10.7. The Bertz CT molecular complexity index is 686. The number of amides is 1. The summed E-state index contributed by atoms with van der Waals surface area (Å²) >= 11 is 1.47. The molecule has 0 spiro atoms. The number of hydrogen-bond acceptors (Lipinski definition) is 7. The first-order chi connectivity index (χ1) is 8.75. The number of nitrogens with two attached hydrogens (primary N) is 1. The number of primary amides is 1. The first kappa shape index (κ1) is 10.7. The van der Waals surface area contributed by atoms with Crippen molar-refractivity contribution < 1.29 is 13.8 Å². The minimum Gasteiger partial charge on any atom is -0.364 e. The second-order valence-electron chi connectivity index (χ2n) is 3.34. The lowest BCUT2D eigenvalue weighted by Crippen LogP contribution is -2.12. The van der Waals surface area contributed by atoms with Gasteiger partial charge in [0.1, 0.15) is 6.26 Å². The zero-order valence-corrected chi connectivity index (χ0v) is 9.68. The van der Waals surface area contributed by atoms with E-state index in [1.54, 1.807) is 0 Å². The van der Waals surface area contributed by atoms with Crippen LogP contribution in [0.3, 0.4) is 0 Å². The van der Waals surface area contributed by atoms with E-state index in [-0.39, 0.29) is 11.5 Å². The van der Waals surface area contributed by atoms with E-state index in [1.807, 2.05) is 17.5 Å². The first-order valence-electron chi connectivity index (χ1n) is 4.88. The molecule has 3 aromatic heterocycles. The molecule has 18 heavy (non-hydrogen) atoms. The molecule has 0 atom stereocenters. The number of carbonyl (C=O) groups is 1. The molecule has 2 N–H and O–H groups in total. The number of nitrogens with zero attached hydrogens (tertiary/aromatic N) is 3. The molecule has 0 aromatic carbocycles. The first-order valence-corrected chi connectivity index (χ1v) is 5.76. The number of thiophene rings is 1. The Hall–Kier alpha value is -2.48. The van der Waals surface area contributed by atoms with Gasteiger partial charge in [-0.05, 0) is 11.4 Å². The lowest BCUT2D eigenvalue weighted by molar-refractivity contribution is 0.0992. The molecule has 3 rings (SSSR count). The van der Waals surface area contributed by atoms with E-state index < -0.39 is 5.91 Å². The minimum absolute atomic E-state index is 0.0199. The van der Waals surface area contributed by atoms with Crippen LogP contribution in [0, 0.1) is 0 Å². The van der Waals surface area contributed by atoms with Crippen molar-refractivity contribution in [2.45, 2.75) is 0 Å². The van der Waals surface area contributed by atoms with Gasteiger partial charge in [0.15, 0.2) is 5.69 Å². The zero-order chi connectivity index (χ0) is 12.5. The molecule has 0 unspecified atom stereocenters. The van der Waals surface area contributed by atoms with Crippen molar-refractivity contribution >= 4 is 17.2 Å². The molecule has 3 heterocycles. The topological polar surface area (TPSA) is 108 Å². The molecule has 0 radical (unpaired) electrons. The SMILES string of the molecule is NC(=O)c1nocc1-c1noc(-c2cccs2)n1. The third kappa shape index (κ3) is 1.68. The quantitative estimate of drug-likeness (QED) is 0.767. The molecule has 7 nitrogen and oxygen atoms in total. The predicted octanol–water partition coefficient (Wildman–Crippen LogP) is 1.55. The van der Waals surface area contributed by atoms with E-state index in [9.17, 15) is 4.79 Å². The van der Waals surface area contributed by atoms with Gasteiger partial charge >= 0.3 is 0 Å². The minimum atomic E-state index is -0.707. The largest absolute Gasteiger partial charge is 0.364 e. The van der Waals surface area contributed by atoms with Crippen LogP contribution in [0.15, 0.2) is 32.8 Å². The predicted molar refractivity (Wildman–Crippen MR) is 61.6 cm³/mol. The number of carbonyl (C=O) groups excluding carboxylic acids is 1. The number of hydrogen-bond donors (Lipinski definition) is 1. The highest BCUT2D eigenvalue weighted by molar-refractivity contribution is 7.13. The van der Waals surface area contributed by atoms with Crippen LogP contribution >= 0.6 is 11.3 Å². The van der Waals surface area contributed by atoms with Gasteiger partial charge in [-0.2, -0.15) is 4.98 Å². The van der Waals surface area contributed by atoms with E-state index in [0.29, 0.717) is 11.5 Å². The van der Waals surface area contributed by atoms with E-state index in [0.717, 1.165) is 4.88 Å². The molecule has 0 saturated carbocycles. The molecule has 0 saturated heterocycles. The van der Waals surface area contributed by atoms with Crippen LogP contribution in [0.4, 0.5) is 0 Å². The van der Waals surface area contributed by atoms with Crippen molar-refractivity contribution in [3.05, 3.63) is 29.5 Å². The van der Waals surface area contributed by atoms with Crippen LogP contribution in [0.2, 0.25) is 0 Å². The van der Waals surface area contributed by atoms with Gasteiger partial charge < -0.3 is 14.8 Å². The number of aromatic nitrogens is 3. The maximum atomic E-state index is 11.1. The van der Waals surface area contributed by atoms with Crippen molar-refractivity contribution in [3.63, 3.8) is 0 Å². The summed E-state index contributed by atoms with van der Waals surface area (Å²) < 4.78 is 9.79. The summed E-state index contributed by atoms with van der Waals surface area (Å²) in [4.78, 5) is 16.1. The van der Waals surface area contributed by atoms with Crippen LogP contribution in [0.5, 0.6) is 0 Å². The molecule has 3 aromatic rings. The van der Waals surface area contributed by atoms with Gasteiger partial charge in [-0.3, -0.25) is 4.79 Å². The molecular weight excluding hydrogens is 256 g/mol. The molecule has 0 aliphatic rings. The van der Waals surface area contributed by atoms with Gasteiger partial charge in [0.05, 0.1) is 10.4 Å². The lowest BCUT2D eigenvalue weighted by Gasteiger charge is -1.88. The van der Waals surface area contributed by atoms with Gasteiger partial charge in [-0.25, -0.2) is 0 Å². The molecule has 1 amide bonds. The summed E-state index contributed by atoms with van der Waals surface area (Å²) in [5, 5.41) is 9.16. The van der Waals surface area contributed by atoms with Crippen molar-refractivity contribution in [2.75, 3.05) is 0 Å². The average molecular weight is 262 g/mol. The summed E-state index contributed by atoms with van der Waals surface area (Å²) in [5.74, 6) is -0.119. The molecule has 8 heteroatoms. The average Bonchev–Trinajstić information content (AvgIpc) is 3.10. The monoisotopic (exact) mass is 262 g/mol. The molecule has 0 fully saturated rings. The smallest absolute Gasteiger partial charge is 0.271 e. The molecule has 0 bridgehead atoms. The third-order valence-corrected chi connectivity index (χ3v) is 3.06. The summed E-state index contributed by atoms with van der Waals surface area (Å²) in [5.41, 5.74) is 5.45. The van der Waals surface area contributed by atoms with Crippen LogP contribution in [0.25, 0.3) is 22.2 Å². The zero-order valence-electron chi connectivity index (χ0n) is 8.86. The highest BCUT2D eigenvalue weighted by atomic mass is 32.1. The van der Waals surface area contributed by atoms with Crippen LogP contribution in [-0.4, -0.2) is 21.2 Å². The maximum absolute atomic E-state index is 11.1. The highest BCUT2D eigenvalue weighted by Crippen LogP contribution is 2.26. The summed E-state index contributed by atoms with van der Waals surface area (Å²) in [7, 11) is 0. The van der Waals surface area contributed by atoms with Crippen LogP contribution in [0.1, 0.15) is 10.5 Å². The summed E-state index contributed by atoms with van der Waals surface area (Å²) in [6, 6.07) is 3.72. The Kier molecular flexibility index (Phi) is 2.41. The third-order valence-electron chi connectivity index (χ3n) is 2.20. The van der Waals surface area contributed by atoms with E-state index in [1.165, 1.54) is 17.6 Å². The fraction of sp³-hybridized carbons (Fsp3) is 0. The Morgan fingerprint density at radius 1 is 1.39 bits per heavy atom. The van der Waals surface area contributed by atoms with Crippen molar-refractivity contribution in [1.82, 2.24) is 15.3 Å². The maximum Gasteiger partial charge on any atom is 0.271 e. The van der Waals surface area contributed by atoms with Crippen molar-refractivity contribution in [3.8, 4) is 22.2 Å². The Morgan fingerprint density at radius 3 is 3.00 bits per heavy atom. The fourth-order valence-corrected chi connectivity index (χ4v) is 2.05. The van der Waals surface area contributed by atoms with Gasteiger partial charge in [0.2, 0.25) is 5.82 Å². The van der Waals surface area contributed by atoms with Crippen LogP contribution in [-0.2, 0) is 0 Å². The Morgan fingerprint density at radius 2 is 2.28 bits per heavy atom. The Balaban J connectivity index is 2.03. The summed E-state index contributed by atoms with van der Waals surface area (Å²) in [6.45, 7) is 0. The Labute approximate surface area is 104 Å². The molecule has 0 aliphatic heterocycles. The molecular formula is C10H6N4O3S. The standard InChI is InChI=1S/C10H6N4O3S/c11-8(15)7-5(4-16-13-7)9-12-10(17-14-9)6-2-1-3-18-6/h1-4H,(H2,11,15). The van der Waals surface area contributed by atoms with Gasteiger partial charge in [-0.15, -0.1) is 11.3 Å². The second-order valence-corrected chi connectivity index (χ2v) is 4.29. The molecule has 0 aliphatic carbocycles. The van der Waals surface area contributed by atoms with Gasteiger partial charge in [-0.1, -0.05) is 16.4 Å². The van der Waals surface area contributed by atoms with Crippen molar-refractivity contribution in [1.29, 1.82) is 0 Å².